The molecular weight excluding hydrogens is 344 g/mol. The van der Waals surface area contributed by atoms with Gasteiger partial charge in [-0.2, -0.15) is 10.2 Å². The summed E-state index contributed by atoms with van der Waals surface area (Å²) in [5.74, 6) is -0.605. The van der Waals surface area contributed by atoms with Crippen LogP contribution < -0.4 is 5.32 Å². The van der Waals surface area contributed by atoms with Gasteiger partial charge < -0.3 is 10.2 Å². The highest BCUT2D eigenvalue weighted by atomic mass is 16.2. The molecule has 0 bridgehead atoms. The quantitative estimate of drug-likeness (QED) is 0.748. The van der Waals surface area contributed by atoms with E-state index in [0.717, 1.165) is 5.56 Å². The SMILES string of the molecule is Cc1c(NC(=O)c2cnn(Cc3ccccc3)c2)c(C(=O)N(C)C)nn1C. The standard InChI is InChI=1S/C19H22N6O2/c1-13-16(17(22-24(13)4)19(27)23(2)3)21-18(26)15-10-20-25(12-15)11-14-8-6-5-7-9-14/h5-10,12H,11H2,1-4H3,(H,21,26). The number of carbonyl (C=O) groups is 2. The fraction of sp³-hybridized carbons (Fsp3) is 0.263. The second-order valence-electron chi connectivity index (χ2n) is 6.50. The third kappa shape index (κ3) is 3.89. The number of nitrogens with zero attached hydrogens (tertiary/aromatic N) is 5. The van der Waals surface area contributed by atoms with Gasteiger partial charge in [0.25, 0.3) is 11.8 Å². The molecule has 27 heavy (non-hydrogen) atoms. The van der Waals surface area contributed by atoms with E-state index < -0.39 is 0 Å². The number of aryl methyl sites for hydroxylation is 1. The molecule has 0 unspecified atom stereocenters. The maximum atomic E-state index is 12.7. The van der Waals surface area contributed by atoms with E-state index >= 15 is 0 Å². The Bertz CT molecular complexity index is 972. The van der Waals surface area contributed by atoms with Crippen LogP contribution in [0.2, 0.25) is 0 Å². The number of carbonyl (C=O) groups excluding carboxylic acids is 2. The number of amides is 2. The van der Waals surface area contributed by atoms with E-state index in [4.69, 9.17) is 0 Å². The smallest absolute Gasteiger partial charge is 0.276 e. The van der Waals surface area contributed by atoms with Crippen LogP contribution in [0.3, 0.4) is 0 Å². The summed E-state index contributed by atoms with van der Waals surface area (Å²) in [7, 11) is 5.02. The van der Waals surface area contributed by atoms with Gasteiger partial charge in [-0.15, -0.1) is 0 Å². The molecule has 140 valence electrons. The number of hydrogen-bond donors (Lipinski definition) is 1. The van der Waals surface area contributed by atoms with Crippen LogP contribution in [0, 0.1) is 6.92 Å². The second-order valence-corrected chi connectivity index (χ2v) is 6.50. The van der Waals surface area contributed by atoms with Gasteiger partial charge in [0.05, 0.1) is 29.7 Å². The molecule has 0 aliphatic rings. The van der Waals surface area contributed by atoms with Crippen LogP contribution in [0.15, 0.2) is 42.7 Å². The normalized spacial score (nSPS) is 10.7. The topological polar surface area (TPSA) is 85.1 Å². The minimum absolute atomic E-state index is 0.213. The van der Waals surface area contributed by atoms with Crippen molar-refractivity contribution in [2.24, 2.45) is 7.05 Å². The minimum Gasteiger partial charge on any atom is -0.343 e. The van der Waals surface area contributed by atoms with Crippen molar-refractivity contribution in [3.05, 3.63) is 65.2 Å². The van der Waals surface area contributed by atoms with Crippen LogP contribution in [0.5, 0.6) is 0 Å². The lowest BCUT2D eigenvalue weighted by atomic mass is 10.2. The maximum Gasteiger partial charge on any atom is 0.276 e. The van der Waals surface area contributed by atoms with E-state index in [1.807, 2.05) is 30.3 Å². The van der Waals surface area contributed by atoms with Gasteiger partial charge in [0.1, 0.15) is 0 Å². The van der Waals surface area contributed by atoms with Crippen LogP contribution in [0.4, 0.5) is 5.69 Å². The predicted octanol–water partition coefficient (Wildman–Crippen LogP) is 1.93. The zero-order valence-corrected chi connectivity index (χ0v) is 15.8. The van der Waals surface area contributed by atoms with Crippen molar-refractivity contribution in [2.45, 2.75) is 13.5 Å². The molecule has 0 atom stereocenters. The van der Waals surface area contributed by atoms with Gasteiger partial charge in [0.15, 0.2) is 5.69 Å². The number of rotatable bonds is 5. The van der Waals surface area contributed by atoms with Gasteiger partial charge in [-0.3, -0.25) is 19.0 Å². The average Bonchev–Trinajstić information content (AvgIpc) is 3.22. The molecule has 8 heteroatoms. The first-order chi connectivity index (χ1) is 12.9. The van der Waals surface area contributed by atoms with Crippen molar-refractivity contribution in [1.29, 1.82) is 0 Å². The molecule has 2 amide bonds. The summed E-state index contributed by atoms with van der Waals surface area (Å²) in [6.45, 7) is 2.37. The predicted molar refractivity (Wildman–Crippen MR) is 102 cm³/mol. The Kier molecular flexibility index (Phi) is 5.07. The lowest BCUT2D eigenvalue weighted by molar-refractivity contribution is 0.0822. The fourth-order valence-corrected chi connectivity index (χ4v) is 2.64. The van der Waals surface area contributed by atoms with Gasteiger partial charge in [0, 0.05) is 27.3 Å². The van der Waals surface area contributed by atoms with E-state index in [-0.39, 0.29) is 17.5 Å². The molecule has 0 fully saturated rings. The van der Waals surface area contributed by atoms with Crippen molar-refractivity contribution in [3.63, 3.8) is 0 Å². The number of anilines is 1. The molecule has 2 heterocycles. The lowest BCUT2D eigenvalue weighted by Crippen LogP contribution is -2.24. The largest absolute Gasteiger partial charge is 0.343 e. The van der Waals surface area contributed by atoms with Crippen LogP contribution >= 0.6 is 0 Å². The molecule has 0 spiro atoms. The summed E-state index contributed by atoms with van der Waals surface area (Å²) >= 11 is 0. The summed E-state index contributed by atoms with van der Waals surface area (Å²) in [5.41, 5.74) is 2.83. The molecule has 8 nitrogen and oxygen atoms in total. The van der Waals surface area contributed by atoms with Crippen molar-refractivity contribution < 1.29 is 9.59 Å². The number of aromatic nitrogens is 4. The Hall–Kier alpha value is -3.42. The van der Waals surface area contributed by atoms with Gasteiger partial charge >= 0.3 is 0 Å². The molecule has 0 saturated carbocycles. The fourth-order valence-electron chi connectivity index (χ4n) is 2.64. The molecule has 0 saturated heterocycles. The number of hydrogen-bond acceptors (Lipinski definition) is 4. The van der Waals surface area contributed by atoms with E-state index in [9.17, 15) is 9.59 Å². The first-order valence-corrected chi connectivity index (χ1v) is 8.49. The first kappa shape index (κ1) is 18.4. The molecule has 1 N–H and O–H groups in total. The molecule has 0 radical (unpaired) electrons. The molecule has 0 aliphatic carbocycles. The van der Waals surface area contributed by atoms with Crippen LogP contribution in [0.25, 0.3) is 0 Å². The first-order valence-electron chi connectivity index (χ1n) is 8.49. The zero-order chi connectivity index (χ0) is 19.6. The van der Waals surface area contributed by atoms with Crippen LogP contribution in [-0.4, -0.2) is 50.4 Å². The Morgan fingerprint density at radius 1 is 1.19 bits per heavy atom. The van der Waals surface area contributed by atoms with E-state index in [2.05, 4.69) is 15.5 Å². The average molecular weight is 366 g/mol. The van der Waals surface area contributed by atoms with Crippen LogP contribution in [-0.2, 0) is 13.6 Å². The molecule has 0 aliphatic heterocycles. The van der Waals surface area contributed by atoms with Crippen molar-refractivity contribution in [3.8, 4) is 0 Å². The number of nitrogens with one attached hydrogen (secondary N) is 1. The lowest BCUT2D eigenvalue weighted by Gasteiger charge is -2.10. The highest BCUT2D eigenvalue weighted by Crippen LogP contribution is 2.21. The van der Waals surface area contributed by atoms with Crippen molar-refractivity contribution in [1.82, 2.24) is 24.5 Å². The monoisotopic (exact) mass is 366 g/mol. The molecular formula is C19H22N6O2. The van der Waals surface area contributed by atoms with Gasteiger partial charge in [-0.25, -0.2) is 0 Å². The summed E-state index contributed by atoms with van der Waals surface area (Å²) in [6, 6.07) is 9.87. The number of benzene rings is 1. The van der Waals surface area contributed by atoms with E-state index in [1.54, 1.807) is 43.6 Å². The summed E-state index contributed by atoms with van der Waals surface area (Å²) in [5, 5.41) is 11.3. The third-order valence-corrected chi connectivity index (χ3v) is 4.26. The second kappa shape index (κ2) is 7.45. The summed E-state index contributed by atoms with van der Waals surface area (Å²) in [6.07, 6.45) is 3.19. The van der Waals surface area contributed by atoms with Crippen LogP contribution in [0.1, 0.15) is 32.1 Å². The minimum atomic E-state index is -0.335. The van der Waals surface area contributed by atoms with Gasteiger partial charge in [-0.05, 0) is 12.5 Å². The summed E-state index contributed by atoms with van der Waals surface area (Å²) < 4.78 is 3.28. The van der Waals surface area contributed by atoms with Gasteiger partial charge in [-0.1, -0.05) is 30.3 Å². The molecule has 1 aromatic carbocycles. The van der Waals surface area contributed by atoms with E-state index in [0.29, 0.717) is 23.5 Å². The highest BCUT2D eigenvalue weighted by Gasteiger charge is 2.23. The molecule has 3 rings (SSSR count). The summed E-state index contributed by atoms with van der Waals surface area (Å²) in [4.78, 5) is 26.4. The van der Waals surface area contributed by atoms with Crippen molar-refractivity contribution >= 4 is 17.5 Å². The molecule has 2 aromatic heterocycles. The zero-order valence-electron chi connectivity index (χ0n) is 15.8. The van der Waals surface area contributed by atoms with Gasteiger partial charge in [0.2, 0.25) is 0 Å². The Morgan fingerprint density at radius 2 is 1.89 bits per heavy atom. The highest BCUT2D eigenvalue weighted by molar-refractivity contribution is 6.08. The third-order valence-electron chi connectivity index (χ3n) is 4.26. The molecule has 3 aromatic rings. The Balaban J connectivity index is 1.79. The van der Waals surface area contributed by atoms with E-state index in [1.165, 1.54) is 11.1 Å². The Labute approximate surface area is 157 Å². The maximum absolute atomic E-state index is 12.7. The Morgan fingerprint density at radius 3 is 2.56 bits per heavy atom. The van der Waals surface area contributed by atoms with Crippen molar-refractivity contribution in [2.75, 3.05) is 19.4 Å².